The average Bonchev–Trinajstić information content (AvgIpc) is 2.62. The second kappa shape index (κ2) is 5.99. The van der Waals surface area contributed by atoms with E-state index in [-0.39, 0.29) is 11.9 Å². The quantitative estimate of drug-likeness (QED) is 0.897. The van der Waals surface area contributed by atoms with E-state index in [2.05, 4.69) is 9.80 Å². The molecule has 106 valence electrons. The van der Waals surface area contributed by atoms with E-state index < -0.39 is 0 Å². The van der Waals surface area contributed by atoms with Gasteiger partial charge in [-0.05, 0) is 50.7 Å². The van der Waals surface area contributed by atoms with E-state index in [9.17, 15) is 9.50 Å². The van der Waals surface area contributed by atoms with Crippen molar-refractivity contribution >= 4 is 0 Å². The summed E-state index contributed by atoms with van der Waals surface area (Å²) in [4.78, 5) is 4.44. The molecule has 1 aliphatic heterocycles. The molecule has 1 aromatic rings. The molecule has 0 amide bonds. The number of aryl methyl sites for hydroxylation is 1. The third-order valence-corrected chi connectivity index (χ3v) is 3.76. The fourth-order valence-corrected chi connectivity index (χ4v) is 2.82. The van der Waals surface area contributed by atoms with Crippen LogP contribution in [-0.2, 0) is 6.54 Å². The van der Waals surface area contributed by atoms with Gasteiger partial charge in [-0.3, -0.25) is 4.90 Å². The molecule has 1 aliphatic rings. The van der Waals surface area contributed by atoms with Crippen molar-refractivity contribution in [3.8, 4) is 0 Å². The van der Waals surface area contributed by atoms with Crippen LogP contribution in [0.15, 0.2) is 18.2 Å². The van der Waals surface area contributed by atoms with Crippen LogP contribution in [0.2, 0.25) is 0 Å². The van der Waals surface area contributed by atoms with Crippen LogP contribution in [0.4, 0.5) is 4.39 Å². The molecule has 0 aliphatic carbocycles. The van der Waals surface area contributed by atoms with Gasteiger partial charge in [-0.15, -0.1) is 0 Å². The first-order valence-electron chi connectivity index (χ1n) is 6.77. The zero-order valence-corrected chi connectivity index (χ0v) is 11.9. The van der Waals surface area contributed by atoms with Gasteiger partial charge in [-0.25, -0.2) is 4.39 Å². The van der Waals surface area contributed by atoms with Gasteiger partial charge in [0.05, 0.1) is 6.10 Å². The number of rotatable bonds is 4. The summed E-state index contributed by atoms with van der Waals surface area (Å²) in [5.74, 6) is -0.187. The Hall–Kier alpha value is -0.970. The molecule has 2 unspecified atom stereocenters. The van der Waals surface area contributed by atoms with E-state index in [0.29, 0.717) is 12.6 Å². The molecule has 0 bridgehead atoms. The predicted octanol–water partition coefficient (Wildman–Crippen LogP) is 1.63. The maximum atomic E-state index is 13.1. The lowest BCUT2D eigenvalue weighted by atomic mass is 10.1. The number of hydrogen-bond acceptors (Lipinski definition) is 3. The number of aliphatic hydroxyl groups is 1. The van der Waals surface area contributed by atoms with Crippen molar-refractivity contribution < 1.29 is 9.50 Å². The van der Waals surface area contributed by atoms with E-state index in [1.807, 2.05) is 27.1 Å². The van der Waals surface area contributed by atoms with Crippen LogP contribution in [0.5, 0.6) is 0 Å². The Morgan fingerprint density at radius 1 is 1.42 bits per heavy atom. The first-order chi connectivity index (χ1) is 8.95. The van der Waals surface area contributed by atoms with E-state index in [1.54, 1.807) is 6.07 Å². The molecule has 1 fully saturated rings. The molecule has 3 nitrogen and oxygen atoms in total. The highest BCUT2D eigenvalue weighted by atomic mass is 19.1. The lowest BCUT2D eigenvalue weighted by Gasteiger charge is -2.27. The molecule has 0 saturated carbocycles. The zero-order valence-electron chi connectivity index (χ0n) is 11.9. The van der Waals surface area contributed by atoms with E-state index >= 15 is 0 Å². The van der Waals surface area contributed by atoms with Crippen LogP contribution in [0.3, 0.4) is 0 Å². The van der Waals surface area contributed by atoms with Crippen molar-refractivity contribution in [2.75, 3.05) is 27.2 Å². The summed E-state index contributed by atoms with van der Waals surface area (Å²) in [7, 11) is 4.10. The lowest BCUT2D eigenvalue weighted by Crippen LogP contribution is -2.37. The largest absolute Gasteiger partial charge is 0.392 e. The van der Waals surface area contributed by atoms with Crippen molar-refractivity contribution in [3.63, 3.8) is 0 Å². The zero-order chi connectivity index (χ0) is 14.0. The fourth-order valence-electron chi connectivity index (χ4n) is 2.82. The maximum Gasteiger partial charge on any atom is 0.123 e. The van der Waals surface area contributed by atoms with E-state index in [4.69, 9.17) is 0 Å². The van der Waals surface area contributed by atoms with Gasteiger partial charge in [-0.2, -0.15) is 0 Å². The second-order valence-corrected chi connectivity index (χ2v) is 5.81. The molecule has 19 heavy (non-hydrogen) atoms. The average molecular weight is 266 g/mol. The molecule has 0 radical (unpaired) electrons. The number of likely N-dealkylation sites (tertiary alicyclic amines) is 1. The minimum Gasteiger partial charge on any atom is -0.392 e. The molecule has 1 saturated heterocycles. The predicted molar refractivity (Wildman–Crippen MR) is 74.5 cm³/mol. The van der Waals surface area contributed by atoms with Crippen molar-refractivity contribution in [1.29, 1.82) is 0 Å². The van der Waals surface area contributed by atoms with E-state index in [0.717, 1.165) is 30.6 Å². The summed E-state index contributed by atoms with van der Waals surface area (Å²) >= 11 is 0. The fraction of sp³-hybridized carbons (Fsp3) is 0.600. The Morgan fingerprint density at radius 2 is 2.16 bits per heavy atom. The SMILES string of the molecule is Cc1cc(F)ccc1CN1CC(O)CC1CN(C)C. The lowest BCUT2D eigenvalue weighted by molar-refractivity contribution is 0.169. The van der Waals surface area contributed by atoms with Crippen LogP contribution in [-0.4, -0.2) is 54.2 Å². The van der Waals surface area contributed by atoms with Crippen molar-refractivity contribution in [3.05, 3.63) is 35.1 Å². The number of nitrogens with zero attached hydrogens (tertiary/aromatic N) is 2. The molecule has 1 N–H and O–H groups in total. The topological polar surface area (TPSA) is 26.7 Å². The summed E-state index contributed by atoms with van der Waals surface area (Å²) in [6.07, 6.45) is 0.573. The van der Waals surface area contributed by atoms with E-state index in [1.165, 1.54) is 6.07 Å². The van der Waals surface area contributed by atoms with Gasteiger partial charge in [0.15, 0.2) is 0 Å². The Labute approximate surface area is 114 Å². The molecular weight excluding hydrogens is 243 g/mol. The van der Waals surface area contributed by atoms with Crippen molar-refractivity contribution in [2.24, 2.45) is 0 Å². The smallest absolute Gasteiger partial charge is 0.123 e. The number of benzene rings is 1. The standard InChI is InChI=1S/C15H23FN2O/c1-11-6-13(16)5-4-12(11)8-18-10-15(19)7-14(18)9-17(2)3/h4-6,14-15,19H,7-10H2,1-3H3. The van der Waals surface area contributed by atoms with Crippen molar-refractivity contribution in [1.82, 2.24) is 9.80 Å². The van der Waals surface area contributed by atoms with Gasteiger partial charge in [-0.1, -0.05) is 6.07 Å². The van der Waals surface area contributed by atoms with Gasteiger partial charge in [0.2, 0.25) is 0 Å². The number of aliphatic hydroxyl groups excluding tert-OH is 1. The molecule has 0 spiro atoms. The number of likely N-dealkylation sites (N-methyl/N-ethyl adjacent to an activating group) is 1. The molecule has 1 aromatic carbocycles. The first-order valence-corrected chi connectivity index (χ1v) is 6.77. The summed E-state index contributed by atoms with van der Waals surface area (Å²) in [5, 5.41) is 9.85. The monoisotopic (exact) mass is 266 g/mol. The number of hydrogen-bond donors (Lipinski definition) is 1. The maximum absolute atomic E-state index is 13.1. The molecule has 1 heterocycles. The molecular formula is C15H23FN2O. The van der Waals surface area contributed by atoms with Gasteiger partial charge in [0, 0.05) is 25.7 Å². The minimum absolute atomic E-state index is 0.187. The number of β-amino-alcohol motifs (C(OH)–C–C–N with tert-alkyl or cyclic N) is 1. The second-order valence-electron chi connectivity index (χ2n) is 5.81. The normalized spacial score (nSPS) is 24.3. The van der Waals surface area contributed by atoms with Gasteiger partial charge < -0.3 is 10.0 Å². The molecule has 2 atom stereocenters. The summed E-state index contributed by atoms with van der Waals surface area (Å²) < 4.78 is 13.1. The summed E-state index contributed by atoms with van der Waals surface area (Å²) in [6, 6.07) is 5.30. The van der Waals surface area contributed by atoms with Crippen LogP contribution >= 0.6 is 0 Å². The van der Waals surface area contributed by atoms with Gasteiger partial charge >= 0.3 is 0 Å². The molecule has 0 aromatic heterocycles. The highest BCUT2D eigenvalue weighted by molar-refractivity contribution is 5.26. The molecule has 4 heteroatoms. The highest BCUT2D eigenvalue weighted by Crippen LogP contribution is 2.22. The van der Waals surface area contributed by atoms with Crippen LogP contribution in [0.1, 0.15) is 17.5 Å². The first kappa shape index (κ1) is 14.4. The minimum atomic E-state index is -0.245. The Morgan fingerprint density at radius 3 is 2.79 bits per heavy atom. The molecule has 2 rings (SSSR count). The summed E-state index contributed by atoms with van der Waals surface area (Å²) in [5.41, 5.74) is 2.12. The third kappa shape index (κ3) is 3.75. The third-order valence-electron chi connectivity index (χ3n) is 3.76. The Balaban J connectivity index is 2.07. The van der Waals surface area contributed by atoms with Gasteiger partial charge in [0.25, 0.3) is 0 Å². The Kier molecular flexibility index (Phi) is 4.55. The van der Waals surface area contributed by atoms with Crippen LogP contribution in [0.25, 0.3) is 0 Å². The van der Waals surface area contributed by atoms with Gasteiger partial charge in [0.1, 0.15) is 5.82 Å². The summed E-state index contributed by atoms with van der Waals surface area (Å²) in [6.45, 7) is 4.36. The number of halogens is 1. The highest BCUT2D eigenvalue weighted by Gasteiger charge is 2.31. The van der Waals surface area contributed by atoms with Crippen molar-refractivity contribution in [2.45, 2.75) is 32.0 Å². The van der Waals surface area contributed by atoms with Crippen LogP contribution in [0, 0.1) is 12.7 Å². The van der Waals surface area contributed by atoms with Crippen LogP contribution < -0.4 is 0 Å². The Bertz CT molecular complexity index is 436.